The van der Waals surface area contributed by atoms with Gasteiger partial charge >= 0.3 is 0 Å². The Bertz CT molecular complexity index is 1040. The molecule has 0 saturated carbocycles. The Hall–Kier alpha value is -3.60. The van der Waals surface area contributed by atoms with Crippen LogP contribution >= 0.6 is 11.3 Å². The van der Waals surface area contributed by atoms with Crippen molar-refractivity contribution in [2.45, 2.75) is 13.8 Å². The van der Waals surface area contributed by atoms with E-state index in [2.05, 4.69) is 25.4 Å². The first-order valence-electron chi connectivity index (χ1n) is 8.19. The summed E-state index contributed by atoms with van der Waals surface area (Å²) in [5, 5.41) is 14.0. The third kappa shape index (κ3) is 4.20. The van der Waals surface area contributed by atoms with Gasteiger partial charge in [0.25, 0.3) is 5.91 Å². The lowest BCUT2D eigenvalue weighted by atomic mass is 10.2. The Morgan fingerprint density at radius 1 is 1.50 bits per heavy atom. The molecular formula is C17H17N7O3S. The summed E-state index contributed by atoms with van der Waals surface area (Å²) in [6, 6.07) is 4.96. The summed E-state index contributed by atoms with van der Waals surface area (Å²) in [4.78, 5) is 25.1. The molecule has 1 amide bonds. The van der Waals surface area contributed by atoms with Gasteiger partial charge in [-0.1, -0.05) is 5.16 Å². The highest BCUT2D eigenvalue weighted by Crippen LogP contribution is 2.33. The van der Waals surface area contributed by atoms with Gasteiger partial charge in [-0.25, -0.2) is 15.0 Å². The molecule has 0 spiro atoms. The van der Waals surface area contributed by atoms with E-state index in [1.165, 1.54) is 17.4 Å². The van der Waals surface area contributed by atoms with Gasteiger partial charge in [0, 0.05) is 17.8 Å². The van der Waals surface area contributed by atoms with E-state index in [0.717, 1.165) is 6.34 Å². The second-order valence-corrected chi connectivity index (χ2v) is 6.44. The van der Waals surface area contributed by atoms with Gasteiger partial charge in [0.1, 0.15) is 33.6 Å². The van der Waals surface area contributed by atoms with Crippen LogP contribution in [0.15, 0.2) is 33.9 Å². The van der Waals surface area contributed by atoms with Crippen LogP contribution in [0.4, 0.5) is 5.82 Å². The first-order chi connectivity index (χ1) is 13.5. The molecule has 0 unspecified atom stereocenters. The first kappa shape index (κ1) is 19.2. The molecule has 3 rings (SSSR count). The van der Waals surface area contributed by atoms with Gasteiger partial charge < -0.3 is 20.3 Å². The summed E-state index contributed by atoms with van der Waals surface area (Å²) in [5.74, 6) is 0.921. The molecule has 0 bridgehead atoms. The number of thiazole rings is 1. The van der Waals surface area contributed by atoms with Crippen LogP contribution in [0.25, 0.3) is 10.6 Å². The normalized spacial score (nSPS) is 11.3. The fraction of sp³-hybridized carbons (Fsp3) is 0.176. The lowest BCUT2D eigenvalue weighted by Gasteiger charge is -2.03. The molecule has 0 aliphatic carbocycles. The van der Waals surface area contributed by atoms with E-state index in [1.807, 2.05) is 6.92 Å². The molecule has 0 aromatic carbocycles. The molecule has 0 aliphatic heterocycles. The van der Waals surface area contributed by atoms with E-state index in [9.17, 15) is 4.79 Å². The van der Waals surface area contributed by atoms with Gasteiger partial charge in [0.2, 0.25) is 5.88 Å². The van der Waals surface area contributed by atoms with E-state index < -0.39 is 5.91 Å². The van der Waals surface area contributed by atoms with Crippen molar-refractivity contribution in [3.05, 3.63) is 40.7 Å². The molecule has 0 fully saturated rings. The zero-order valence-electron chi connectivity index (χ0n) is 15.1. The van der Waals surface area contributed by atoms with Gasteiger partial charge in [-0.15, -0.1) is 11.3 Å². The van der Waals surface area contributed by atoms with Crippen molar-refractivity contribution in [1.29, 1.82) is 5.41 Å². The minimum atomic E-state index is -0.432. The highest BCUT2D eigenvalue weighted by molar-refractivity contribution is 7.17. The molecule has 0 aliphatic rings. The van der Waals surface area contributed by atoms with Crippen LogP contribution < -0.4 is 15.8 Å². The summed E-state index contributed by atoms with van der Waals surface area (Å²) in [6.45, 7) is 3.94. The monoisotopic (exact) mass is 399 g/mol. The van der Waals surface area contributed by atoms with Crippen LogP contribution in [-0.4, -0.2) is 39.8 Å². The predicted octanol–water partition coefficient (Wildman–Crippen LogP) is 2.46. The Balaban J connectivity index is 1.89. The minimum absolute atomic E-state index is 0.145. The predicted molar refractivity (Wildman–Crippen MR) is 105 cm³/mol. The average molecular weight is 399 g/mol. The molecule has 0 atom stereocenters. The number of ether oxygens (including phenoxy) is 1. The molecule has 10 nitrogen and oxygen atoms in total. The molecule has 11 heteroatoms. The standard InChI is InChI=1S/C17H17N7O3S/c1-3-26-16-13(14(19)21-8-18)28-17(23-16)10-4-5-20-12(7-10)22-15(25)11-6-9(2)27-24-11/h4-8H,3H2,1-2H3,(H3,18,19,21)(H,20,22,25). The van der Waals surface area contributed by atoms with E-state index in [1.54, 1.807) is 25.3 Å². The van der Waals surface area contributed by atoms with Crippen molar-refractivity contribution in [1.82, 2.24) is 15.1 Å². The Morgan fingerprint density at radius 3 is 3.00 bits per heavy atom. The molecule has 3 aromatic heterocycles. The zero-order valence-corrected chi connectivity index (χ0v) is 15.9. The van der Waals surface area contributed by atoms with E-state index >= 15 is 0 Å². The summed E-state index contributed by atoms with van der Waals surface area (Å²) in [6.07, 6.45) is 2.41. The van der Waals surface area contributed by atoms with Crippen molar-refractivity contribution in [3.63, 3.8) is 0 Å². The number of carbonyl (C=O) groups excluding carboxylic acids is 1. The van der Waals surface area contributed by atoms with Crippen molar-refractivity contribution in [3.8, 4) is 16.5 Å². The van der Waals surface area contributed by atoms with Crippen molar-refractivity contribution in [2.24, 2.45) is 10.7 Å². The Morgan fingerprint density at radius 2 is 2.32 bits per heavy atom. The number of nitrogens with zero attached hydrogens (tertiary/aromatic N) is 4. The van der Waals surface area contributed by atoms with Crippen LogP contribution in [0, 0.1) is 12.3 Å². The van der Waals surface area contributed by atoms with Crippen LogP contribution in [0.3, 0.4) is 0 Å². The fourth-order valence-electron chi connectivity index (χ4n) is 2.24. The number of carbonyl (C=O) groups is 1. The number of amidine groups is 1. The SMILES string of the molecule is CCOc1nc(-c2ccnc(NC(=O)c3cc(C)on3)c2)sc1C(N)=NC=N. The van der Waals surface area contributed by atoms with Gasteiger partial charge in [0.05, 0.1) is 6.61 Å². The van der Waals surface area contributed by atoms with Gasteiger partial charge in [-0.3, -0.25) is 10.2 Å². The second kappa shape index (κ2) is 8.39. The van der Waals surface area contributed by atoms with Crippen molar-refractivity contribution >= 4 is 35.2 Å². The molecule has 28 heavy (non-hydrogen) atoms. The van der Waals surface area contributed by atoms with Crippen molar-refractivity contribution < 1.29 is 14.1 Å². The highest BCUT2D eigenvalue weighted by Gasteiger charge is 2.18. The molecule has 4 N–H and O–H groups in total. The number of anilines is 1. The number of aryl methyl sites for hydroxylation is 1. The Labute approximate surface area is 164 Å². The number of hydrogen-bond donors (Lipinski definition) is 3. The van der Waals surface area contributed by atoms with Crippen molar-refractivity contribution in [2.75, 3.05) is 11.9 Å². The smallest absolute Gasteiger partial charge is 0.279 e. The van der Waals surface area contributed by atoms with E-state index in [-0.39, 0.29) is 11.5 Å². The first-order valence-corrected chi connectivity index (χ1v) is 9.00. The summed E-state index contributed by atoms with van der Waals surface area (Å²) in [5.41, 5.74) is 6.77. The maximum absolute atomic E-state index is 12.2. The minimum Gasteiger partial charge on any atom is -0.477 e. The summed E-state index contributed by atoms with van der Waals surface area (Å²) >= 11 is 1.26. The maximum atomic E-state index is 12.2. The molecule has 3 aromatic rings. The highest BCUT2D eigenvalue weighted by atomic mass is 32.1. The van der Waals surface area contributed by atoms with Crippen LogP contribution in [0.1, 0.15) is 28.0 Å². The number of aliphatic imine (C=N–C) groups is 1. The van der Waals surface area contributed by atoms with Gasteiger partial charge in [-0.05, 0) is 26.0 Å². The largest absolute Gasteiger partial charge is 0.477 e. The second-order valence-electron chi connectivity index (χ2n) is 5.44. The topological polar surface area (TPSA) is 152 Å². The van der Waals surface area contributed by atoms with Crippen LogP contribution in [0.5, 0.6) is 5.88 Å². The Kier molecular flexibility index (Phi) is 5.75. The lowest BCUT2D eigenvalue weighted by molar-refractivity contribution is 0.101. The molecule has 3 heterocycles. The fourth-order valence-corrected chi connectivity index (χ4v) is 3.16. The number of pyridine rings is 1. The summed E-state index contributed by atoms with van der Waals surface area (Å²) < 4.78 is 10.4. The maximum Gasteiger partial charge on any atom is 0.279 e. The number of aromatic nitrogens is 3. The lowest BCUT2D eigenvalue weighted by Crippen LogP contribution is -2.13. The summed E-state index contributed by atoms with van der Waals surface area (Å²) in [7, 11) is 0. The number of amides is 1. The molecule has 0 radical (unpaired) electrons. The van der Waals surface area contributed by atoms with Crippen LogP contribution in [0.2, 0.25) is 0 Å². The van der Waals surface area contributed by atoms with E-state index in [0.29, 0.717) is 39.5 Å². The molecular weight excluding hydrogens is 382 g/mol. The molecule has 0 saturated heterocycles. The van der Waals surface area contributed by atoms with E-state index in [4.69, 9.17) is 20.4 Å². The third-order valence-corrected chi connectivity index (χ3v) is 4.53. The third-order valence-electron chi connectivity index (χ3n) is 3.42. The van der Waals surface area contributed by atoms with Gasteiger partial charge in [-0.2, -0.15) is 0 Å². The number of nitrogens with two attached hydrogens (primary N) is 1. The molecule has 144 valence electrons. The number of rotatable bonds is 7. The average Bonchev–Trinajstić information content (AvgIpc) is 3.29. The number of nitrogens with one attached hydrogen (secondary N) is 2. The van der Waals surface area contributed by atoms with Crippen LogP contribution in [-0.2, 0) is 0 Å². The number of hydrogen-bond acceptors (Lipinski definition) is 8. The zero-order chi connectivity index (χ0) is 20.1. The quantitative estimate of drug-likeness (QED) is 0.407. The van der Waals surface area contributed by atoms with Gasteiger partial charge in [0.15, 0.2) is 5.69 Å².